The Bertz CT molecular complexity index is 216. The van der Waals surface area contributed by atoms with Crippen LogP contribution < -0.4 is 18.9 Å². The van der Waals surface area contributed by atoms with Gasteiger partial charge in [-0.05, 0) is 6.42 Å². The third kappa shape index (κ3) is 16.1. The Balaban J connectivity index is -0.00000162. The van der Waals surface area contributed by atoms with Crippen LogP contribution in [-0.4, -0.2) is 22.3 Å². The molecule has 0 aliphatic carbocycles. The molecule has 0 aliphatic heterocycles. The molecule has 116 valence electrons. The number of carboxylic acid groups (broad SMARTS) is 1. The average molecular weight is 280 g/mol. The number of unbranched alkanes of at least 4 members (excludes halogenated alkanes) is 11. The van der Waals surface area contributed by atoms with Crippen molar-refractivity contribution in [3.63, 3.8) is 0 Å². The van der Waals surface area contributed by atoms with Crippen LogP contribution in [0, 0.1) is 0 Å². The molecule has 0 fully saturated rings. The third-order valence-corrected chi connectivity index (χ3v) is 3.62. The summed E-state index contributed by atoms with van der Waals surface area (Å²) in [7, 11) is 0. The SMILES string of the molecule is CCCCCCCCCCCCCCC(O)C(=O)O.[H-].[Li+]. The van der Waals surface area contributed by atoms with E-state index in [-0.39, 0.29) is 20.3 Å². The molecular weight excluding hydrogens is 247 g/mol. The van der Waals surface area contributed by atoms with E-state index in [0.29, 0.717) is 6.42 Å². The predicted octanol–water partition coefficient (Wildman–Crippen LogP) is 1.64. The molecule has 20 heavy (non-hydrogen) atoms. The first-order valence-corrected chi connectivity index (χ1v) is 8.09. The second-order valence-electron chi connectivity index (χ2n) is 5.53. The van der Waals surface area contributed by atoms with Crippen molar-refractivity contribution in [2.45, 2.75) is 96.5 Å². The van der Waals surface area contributed by atoms with Crippen molar-refractivity contribution in [2.24, 2.45) is 0 Å². The third-order valence-electron chi connectivity index (χ3n) is 3.62. The van der Waals surface area contributed by atoms with E-state index >= 15 is 0 Å². The summed E-state index contributed by atoms with van der Waals surface area (Å²) in [5.41, 5.74) is 0. The molecule has 0 heterocycles. The number of rotatable bonds is 14. The second-order valence-corrected chi connectivity index (χ2v) is 5.53. The minimum absolute atomic E-state index is 0. The van der Waals surface area contributed by atoms with Gasteiger partial charge in [-0.25, -0.2) is 4.79 Å². The quantitative estimate of drug-likeness (QED) is 0.376. The van der Waals surface area contributed by atoms with Crippen molar-refractivity contribution in [1.82, 2.24) is 0 Å². The summed E-state index contributed by atoms with van der Waals surface area (Å²) >= 11 is 0. The summed E-state index contributed by atoms with van der Waals surface area (Å²) in [6.07, 6.45) is 14.4. The van der Waals surface area contributed by atoms with Crippen molar-refractivity contribution >= 4 is 5.97 Å². The minimum atomic E-state index is -1.16. The number of hydrogen-bond donors (Lipinski definition) is 2. The monoisotopic (exact) mass is 280 g/mol. The standard InChI is InChI=1S/C16H32O3.Li.H/c1-2-3-4-5-6-7-8-9-10-11-12-13-14-15(17)16(18)19;;/h15,17H,2-14H2,1H3,(H,18,19);;/q;+1;-1. The summed E-state index contributed by atoms with van der Waals surface area (Å²) in [6.45, 7) is 2.25. The smallest absolute Gasteiger partial charge is 1.00 e. The van der Waals surface area contributed by atoms with E-state index in [4.69, 9.17) is 10.2 Å². The summed E-state index contributed by atoms with van der Waals surface area (Å²) in [5, 5.41) is 17.6. The predicted molar refractivity (Wildman–Crippen MR) is 80.4 cm³/mol. The fraction of sp³-hybridized carbons (Fsp3) is 0.938. The van der Waals surface area contributed by atoms with Gasteiger partial charge in [-0.15, -0.1) is 0 Å². The summed E-state index contributed by atoms with van der Waals surface area (Å²) in [4.78, 5) is 10.4. The van der Waals surface area contributed by atoms with Crippen molar-refractivity contribution in [2.75, 3.05) is 0 Å². The van der Waals surface area contributed by atoms with Gasteiger partial charge >= 0.3 is 24.8 Å². The number of aliphatic carboxylic acids is 1. The maximum Gasteiger partial charge on any atom is 1.00 e. The van der Waals surface area contributed by atoms with E-state index in [1.165, 1.54) is 64.2 Å². The number of carboxylic acids is 1. The van der Waals surface area contributed by atoms with Gasteiger partial charge in [0.25, 0.3) is 0 Å². The van der Waals surface area contributed by atoms with Crippen molar-refractivity contribution in [1.29, 1.82) is 0 Å². The molecule has 2 N–H and O–H groups in total. The van der Waals surface area contributed by atoms with E-state index in [0.717, 1.165) is 12.8 Å². The molecule has 0 aliphatic rings. The molecule has 1 atom stereocenters. The van der Waals surface area contributed by atoms with Gasteiger partial charge in [-0.3, -0.25) is 0 Å². The van der Waals surface area contributed by atoms with Crippen LogP contribution in [0.3, 0.4) is 0 Å². The van der Waals surface area contributed by atoms with Crippen molar-refractivity contribution in [3.8, 4) is 0 Å². The molecule has 0 rings (SSSR count). The zero-order valence-electron chi connectivity index (χ0n) is 14.6. The summed E-state index contributed by atoms with van der Waals surface area (Å²) < 4.78 is 0. The zero-order chi connectivity index (χ0) is 14.3. The fourth-order valence-electron chi connectivity index (χ4n) is 2.30. The van der Waals surface area contributed by atoms with E-state index < -0.39 is 12.1 Å². The molecule has 0 aromatic rings. The molecule has 0 saturated heterocycles. The Hall–Kier alpha value is 0.0274. The number of aliphatic hydroxyl groups excluding tert-OH is 1. The van der Waals surface area contributed by atoms with Gasteiger partial charge in [-0.1, -0.05) is 84.0 Å². The molecule has 1 unspecified atom stereocenters. The van der Waals surface area contributed by atoms with Gasteiger partial charge < -0.3 is 11.6 Å². The molecule has 0 radical (unpaired) electrons. The van der Waals surface area contributed by atoms with Crippen LogP contribution >= 0.6 is 0 Å². The number of carbonyl (C=O) groups is 1. The van der Waals surface area contributed by atoms with Gasteiger partial charge in [-0.2, -0.15) is 0 Å². The van der Waals surface area contributed by atoms with E-state index in [9.17, 15) is 4.79 Å². The van der Waals surface area contributed by atoms with E-state index in [2.05, 4.69) is 6.92 Å². The molecule has 3 nitrogen and oxygen atoms in total. The zero-order valence-corrected chi connectivity index (χ0v) is 13.6. The normalized spacial score (nSPS) is 11.9. The van der Waals surface area contributed by atoms with Crippen LogP contribution in [0.25, 0.3) is 0 Å². The largest absolute Gasteiger partial charge is 1.00 e. The van der Waals surface area contributed by atoms with Gasteiger partial charge in [0.1, 0.15) is 0 Å². The maximum absolute atomic E-state index is 10.4. The maximum atomic E-state index is 10.4. The summed E-state index contributed by atoms with van der Waals surface area (Å²) in [5.74, 6) is -1.09. The Morgan fingerprint density at radius 1 is 0.850 bits per heavy atom. The molecule has 4 heteroatoms. The number of aliphatic hydroxyl groups is 1. The van der Waals surface area contributed by atoms with Crippen LogP contribution in [0.4, 0.5) is 0 Å². The Morgan fingerprint density at radius 2 is 1.20 bits per heavy atom. The molecule has 0 saturated carbocycles. The van der Waals surface area contributed by atoms with Crippen LogP contribution in [-0.2, 0) is 4.79 Å². The first-order chi connectivity index (χ1) is 9.18. The van der Waals surface area contributed by atoms with Crippen LogP contribution in [0.15, 0.2) is 0 Å². The Morgan fingerprint density at radius 3 is 1.55 bits per heavy atom. The Labute approximate surface area is 138 Å². The van der Waals surface area contributed by atoms with Gasteiger partial charge in [0, 0.05) is 0 Å². The molecule has 0 aromatic carbocycles. The number of hydrogen-bond acceptors (Lipinski definition) is 2. The van der Waals surface area contributed by atoms with Gasteiger partial charge in [0.05, 0.1) is 0 Å². The topological polar surface area (TPSA) is 57.5 Å². The van der Waals surface area contributed by atoms with Crippen LogP contribution in [0.2, 0.25) is 0 Å². The average Bonchev–Trinajstić information content (AvgIpc) is 2.39. The van der Waals surface area contributed by atoms with Crippen molar-refractivity contribution in [3.05, 3.63) is 0 Å². The second kappa shape index (κ2) is 17.1. The first kappa shape index (κ1) is 22.3. The van der Waals surface area contributed by atoms with Gasteiger partial charge in [0.15, 0.2) is 6.10 Å². The van der Waals surface area contributed by atoms with Gasteiger partial charge in [0.2, 0.25) is 0 Å². The first-order valence-electron chi connectivity index (χ1n) is 8.09. The molecule has 0 amide bonds. The van der Waals surface area contributed by atoms with Crippen LogP contribution in [0.5, 0.6) is 0 Å². The molecule has 0 bridgehead atoms. The van der Waals surface area contributed by atoms with E-state index in [1.807, 2.05) is 0 Å². The van der Waals surface area contributed by atoms with Crippen LogP contribution in [0.1, 0.15) is 91.8 Å². The fourth-order valence-corrected chi connectivity index (χ4v) is 2.30. The minimum Gasteiger partial charge on any atom is -1.00 e. The van der Waals surface area contributed by atoms with E-state index in [1.54, 1.807) is 0 Å². The molecule has 0 spiro atoms. The van der Waals surface area contributed by atoms with Crippen molar-refractivity contribution < 1.29 is 35.3 Å². The Kier molecular flexibility index (Phi) is 19.1. The molecule has 0 aromatic heterocycles. The summed E-state index contributed by atoms with van der Waals surface area (Å²) in [6, 6.07) is 0. The molecular formula is C16H33LiO3.